The van der Waals surface area contributed by atoms with Crippen LogP contribution in [0, 0.1) is 0 Å². The van der Waals surface area contributed by atoms with Crippen molar-refractivity contribution in [2.24, 2.45) is 0 Å². The predicted molar refractivity (Wildman–Crippen MR) is 60.6 cm³/mol. The first-order chi connectivity index (χ1) is 6.74. The van der Waals surface area contributed by atoms with Crippen LogP contribution in [-0.4, -0.2) is 4.98 Å². The molecule has 1 nitrogen and oxygen atoms in total. The minimum Gasteiger partial charge on any atom is -0.355 e. The minimum absolute atomic E-state index is 0.482. The van der Waals surface area contributed by atoms with Crippen LogP contribution in [0.4, 0.5) is 4.39 Å². The van der Waals surface area contributed by atoms with Crippen LogP contribution in [0.3, 0.4) is 0 Å². The van der Waals surface area contributed by atoms with E-state index in [2.05, 4.69) is 18.1 Å². The molecule has 1 aromatic heterocycles. The number of nitrogens with one attached hydrogen (secondary N) is 1. The lowest BCUT2D eigenvalue weighted by Crippen LogP contribution is -2.21. The van der Waals surface area contributed by atoms with Gasteiger partial charge in [-0.15, -0.1) is 0 Å². The van der Waals surface area contributed by atoms with Gasteiger partial charge in [-0.25, -0.2) is 4.39 Å². The highest BCUT2D eigenvalue weighted by Gasteiger charge is 2.01. The monoisotopic (exact) mass is 191 g/mol. The number of halogens is 1. The Hall–Kier alpha value is -1.57. The Balaban J connectivity index is 3.40. The van der Waals surface area contributed by atoms with E-state index in [1.54, 1.807) is 6.08 Å². The first-order valence-corrected chi connectivity index (χ1v) is 4.54. The quantitative estimate of drug-likeness (QED) is 0.754. The third-order valence-electron chi connectivity index (χ3n) is 2.02. The summed E-state index contributed by atoms with van der Waals surface area (Å²) in [6.07, 6.45) is 7.04. The Bertz CT molecular complexity index is 451. The van der Waals surface area contributed by atoms with Crippen LogP contribution in [0.25, 0.3) is 25.1 Å². The zero-order valence-electron chi connectivity index (χ0n) is 8.31. The van der Waals surface area contributed by atoms with E-state index in [4.69, 9.17) is 0 Å². The molecule has 2 heteroatoms. The second-order valence-corrected chi connectivity index (χ2v) is 2.97. The topological polar surface area (TPSA) is 15.8 Å². The maximum atomic E-state index is 12.5. The zero-order valence-corrected chi connectivity index (χ0v) is 8.31. The average Bonchev–Trinajstić information content (AvgIpc) is 2.50. The molecule has 0 aliphatic carbocycles. The molecule has 1 heterocycles. The number of allylic oxidation sites excluding steroid dienone is 1. The fourth-order valence-electron chi connectivity index (χ4n) is 1.32. The van der Waals surface area contributed by atoms with Crippen LogP contribution in [0.5, 0.6) is 0 Å². The van der Waals surface area contributed by atoms with Gasteiger partial charge in [-0.05, 0) is 12.5 Å². The van der Waals surface area contributed by atoms with Gasteiger partial charge in [-0.2, -0.15) is 0 Å². The van der Waals surface area contributed by atoms with Gasteiger partial charge in [-0.1, -0.05) is 32.2 Å². The molecule has 0 unspecified atom stereocenters. The van der Waals surface area contributed by atoms with Gasteiger partial charge >= 0.3 is 0 Å². The number of hydrogen-bond acceptors (Lipinski definition) is 0. The molecule has 1 N–H and O–H groups in total. The molecule has 1 aromatic rings. The molecule has 0 fully saturated rings. The first kappa shape index (κ1) is 10.5. The molecule has 0 atom stereocenters. The molecule has 0 aliphatic heterocycles. The van der Waals surface area contributed by atoms with Crippen molar-refractivity contribution >= 4 is 25.1 Å². The molecule has 0 aliphatic rings. The van der Waals surface area contributed by atoms with E-state index in [0.29, 0.717) is 16.9 Å². The minimum atomic E-state index is 0.482. The molecule has 14 heavy (non-hydrogen) atoms. The van der Waals surface area contributed by atoms with Crippen LogP contribution >= 0.6 is 0 Å². The summed E-state index contributed by atoms with van der Waals surface area (Å²) in [6.45, 7) is 9.42. The van der Waals surface area contributed by atoms with E-state index in [0.717, 1.165) is 17.7 Å². The highest BCUT2D eigenvalue weighted by molar-refractivity contribution is 5.63. The molecular formula is C12H14FN. The van der Waals surface area contributed by atoms with Gasteiger partial charge in [0.15, 0.2) is 0 Å². The third-order valence-corrected chi connectivity index (χ3v) is 2.02. The smallest absolute Gasteiger partial charge is 0.0966 e. The molecule has 74 valence electrons. The maximum Gasteiger partial charge on any atom is 0.0966 e. The third kappa shape index (κ3) is 1.84. The Labute approximate surface area is 83.0 Å². The maximum absolute atomic E-state index is 12.5. The lowest BCUT2D eigenvalue weighted by molar-refractivity contribution is 0.797. The zero-order chi connectivity index (χ0) is 10.6. The summed E-state index contributed by atoms with van der Waals surface area (Å²) in [5.74, 6) is 0. The highest BCUT2D eigenvalue weighted by Crippen LogP contribution is 2.03. The second-order valence-electron chi connectivity index (χ2n) is 2.97. The normalized spacial score (nSPS) is 12.6. The van der Waals surface area contributed by atoms with Crippen molar-refractivity contribution in [1.29, 1.82) is 0 Å². The fraction of sp³-hybridized carbons (Fsp3) is 0.167. The fourth-order valence-corrected chi connectivity index (χ4v) is 1.32. The van der Waals surface area contributed by atoms with Crippen LogP contribution in [0.2, 0.25) is 0 Å². The molecule has 0 aromatic carbocycles. The van der Waals surface area contributed by atoms with Crippen LogP contribution in [-0.2, 0) is 0 Å². The molecule has 0 saturated carbocycles. The Kier molecular flexibility index (Phi) is 3.46. The van der Waals surface area contributed by atoms with Crippen molar-refractivity contribution in [2.45, 2.75) is 13.3 Å². The summed E-state index contributed by atoms with van der Waals surface area (Å²) in [4.78, 5) is 3.01. The van der Waals surface area contributed by atoms with E-state index < -0.39 is 0 Å². The predicted octanol–water partition coefficient (Wildman–Crippen LogP) is 2.20. The lowest BCUT2D eigenvalue weighted by atomic mass is 10.2. The molecular weight excluding hydrogens is 177 g/mol. The Morgan fingerprint density at radius 3 is 2.71 bits per heavy atom. The Morgan fingerprint density at radius 1 is 1.50 bits per heavy atom. The number of H-pyrrole nitrogens is 1. The van der Waals surface area contributed by atoms with Crippen molar-refractivity contribution < 1.29 is 4.39 Å². The van der Waals surface area contributed by atoms with Crippen molar-refractivity contribution in [3.05, 3.63) is 34.5 Å². The van der Waals surface area contributed by atoms with Gasteiger partial charge in [0, 0.05) is 21.8 Å². The molecule has 0 radical (unpaired) electrons. The van der Waals surface area contributed by atoms with Crippen LogP contribution < -0.4 is 10.6 Å². The summed E-state index contributed by atoms with van der Waals surface area (Å²) < 4.78 is 12.5. The van der Waals surface area contributed by atoms with E-state index in [1.807, 2.05) is 19.1 Å². The summed E-state index contributed by atoms with van der Waals surface area (Å²) in [5, 5.41) is 1.06. The van der Waals surface area contributed by atoms with E-state index in [-0.39, 0.29) is 0 Å². The molecule has 0 bridgehead atoms. The van der Waals surface area contributed by atoms with Gasteiger partial charge in [0.2, 0.25) is 0 Å². The van der Waals surface area contributed by atoms with Crippen LogP contribution in [0.15, 0.2) is 12.7 Å². The van der Waals surface area contributed by atoms with Crippen molar-refractivity contribution in [1.82, 2.24) is 4.98 Å². The summed E-state index contributed by atoms with van der Waals surface area (Å²) in [6, 6.07) is 0. The highest BCUT2D eigenvalue weighted by atomic mass is 19.1. The molecule has 0 amide bonds. The number of aromatic nitrogens is 1. The van der Waals surface area contributed by atoms with Crippen molar-refractivity contribution in [3.63, 3.8) is 0 Å². The van der Waals surface area contributed by atoms with Gasteiger partial charge in [0.1, 0.15) is 0 Å². The second kappa shape index (κ2) is 4.61. The summed E-state index contributed by atoms with van der Waals surface area (Å²) in [5.41, 5.74) is 1.62. The first-order valence-electron chi connectivity index (χ1n) is 4.54. The molecule has 0 spiro atoms. The number of hydrogen-bond donors (Lipinski definition) is 1. The standard InChI is InChI=1S/C12H14FN/c1-4-6-7-12-10(5-2)11(8-13)9(3)14-12/h5-8,14H,2-4H2,1H3/b7-6-,11-8+. The van der Waals surface area contributed by atoms with Gasteiger partial charge < -0.3 is 4.98 Å². The van der Waals surface area contributed by atoms with Gasteiger partial charge in [0.05, 0.1) is 6.33 Å². The van der Waals surface area contributed by atoms with Crippen molar-refractivity contribution in [2.75, 3.05) is 0 Å². The van der Waals surface area contributed by atoms with Crippen molar-refractivity contribution in [3.8, 4) is 0 Å². The van der Waals surface area contributed by atoms with Gasteiger partial charge in [-0.3, -0.25) is 0 Å². The number of aromatic amines is 1. The molecule has 0 saturated heterocycles. The number of rotatable bonds is 3. The summed E-state index contributed by atoms with van der Waals surface area (Å²) in [7, 11) is 0. The summed E-state index contributed by atoms with van der Waals surface area (Å²) >= 11 is 0. The SMILES string of the molecule is C=Cc1c(/C=C\CC)[nH]c(=C)/c1=C\F. The Morgan fingerprint density at radius 2 is 2.21 bits per heavy atom. The average molecular weight is 191 g/mol. The largest absolute Gasteiger partial charge is 0.355 e. The van der Waals surface area contributed by atoms with E-state index in [1.165, 1.54) is 0 Å². The van der Waals surface area contributed by atoms with E-state index in [9.17, 15) is 4.39 Å². The van der Waals surface area contributed by atoms with Crippen LogP contribution in [0.1, 0.15) is 24.6 Å². The molecule has 1 rings (SSSR count). The lowest BCUT2D eigenvalue weighted by Gasteiger charge is -1.90. The van der Waals surface area contributed by atoms with E-state index >= 15 is 0 Å². The van der Waals surface area contributed by atoms with Gasteiger partial charge in [0.25, 0.3) is 0 Å².